The van der Waals surface area contributed by atoms with Crippen molar-refractivity contribution in [3.05, 3.63) is 53.6 Å². The van der Waals surface area contributed by atoms with E-state index in [-0.39, 0.29) is 0 Å². The van der Waals surface area contributed by atoms with Crippen LogP contribution in [0.4, 0.5) is 5.69 Å². The molecule has 0 amide bonds. The van der Waals surface area contributed by atoms with Gasteiger partial charge in [0.25, 0.3) is 0 Å². The van der Waals surface area contributed by atoms with E-state index < -0.39 is 0 Å². The summed E-state index contributed by atoms with van der Waals surface area (Å²) in [4.78, 5) is 0. The van der Waals surface area contributed by atoms with E-state index in [1.165, 1.54) is 5.56 Å². The lowest BCUT2D eigenvalue weighted by atomic mass is 10.1. The average molecular weight is 284 g/mol. The molecule has 0 aromatic heterocycles. The normalized spacial score (nSPS) is 13.7. The number of nitrogens with two attached hydrogens (primary N) is 1. The van der Waals surface area contributed by atoms with Crippen LogP contribution in [-0.2, 0) is 13.1 Å². The molecule has 0 radical (unpaired) electrons. The van der Waals surface area contributed by atoms with E-state index in [1.54, 1.807) is 0 Å². The molecule has 3 N–H and O–H groups in total. The van der Waals surface area contributed by atoms with Crippen molar-refractivity contribution < 1.29 is 9.47 Å². The Balaban J connectivity index is 1.71. The summed E-state index contributed by atoms with van der Waals surface area (Å²) in [5.41, 5.74) is 8.96. The van der Waals surface area contributed by atoms with Gasteiger partial charge in [-0.3, -0.25) is 0 Å². The van der Waals surface area contributed by atoms with Crippen LogP contribution in [0.3, 0.4) is 0 Å². The van der Waals surface area contributed by atoms with E-state index in [0.29, 0.717) is 25.4 Å². The quantitative estimate of drug-likeness (QED) is 0.848. The van der Waals surface area contributed by atoms with Crippen molar-refractivity contribution in [2.24, 2.45) is 0 Å². The second kappa shape index (κ2) is 6.50. The van der Waals surface area contributed by atoms with Crippen LogP contribution in [0.1, 0.15) is 17.5 Å². The van der Waals surface area contributed by atoms with E-state index in [0.717, 1.165) is 30.0 Å². The lowest BCUT2D eigenvalue weighted by Crippen LogP contribution is -2.14. The van der Waals surface area contributed by atoms with Crippen LogP contribution in [0.15, 0.2) is 42.5 Å². The third kappa shape index (κ3) is 3.47. The van der Waals surface area contributed by atoms with Crippen molar-refractivity contribution in [3.63, 3.8) is 0 Å². The zero-order valence-corrected chi connectivity index (χ0v) is 12.0. The Bertz CT molecular complexity index is 599. The number of fused-ring (bicyclic) bond motifs is 1. The molecule has 0 bridgehead atoms. The van der Waals surface area contributed by atoms with Gasteiger partial charge in [0.05, 0.1) is 13.2 Å². The first-order valence-electron chi connectivity index (χ1n) is 7.25. The van der Waals surface area contributed by atoms with E-state index in [4.69, 9.17) is 15.2 Å². The van der Waals surface area contributed by atoms with Gasteiger partial charge in [-0.2, -0.15) is 0 Å². The van der Waals surface area contributed by atoms with Gasteiger partial charge in [-0.05, 0) is 11.6 Å². The van der Waals surface area contributed by atoms with Gasteiger partial charge in [-0.1, -0.05) is 30.3 Å². The van der Waals surface area contributed by atoms with Crippen molar-refractivity contribution >= 4 is 5.69 Å². The maximum atomic E-state index is 5.95. The summed E-state index contributed by atoms with van der Waals surface area (Å²) < 4.78 is 11.5. The zero-order chi connectivity index (χ0) is 14.5. The molecule has 0 saturated carbocycles. The number of anilines is 1. The number of nitrogens with one attached hydrogen (secondary N) is 1. The molecule has 1 heterocycles. The van der Waals surface area contributed by atoms with Gasteiger partial charge in [0.2, 0.25) is 0 Å². The third-order valence-electron chi connectivity index (χ3n) is 3.43. The maximum absolute atomic E-state index is 5.95. The van der Waals surface area contributed by atoms with Gasteiger partial charge in [0, 0.05) is 36.8 Å². The lowest BCUT2D eigenvalue weighted by molar-refractivity contribution is 0.296. The van der Waals surface area contributed by atoms with Crippen LogP contribution < -0.4 is 20.5 Å². The van der Waals surface area contributed by atoms with E-state index in [1.807, 2.05) is 30.3 Å². The fourth-order valence-corrected chi connectivity index (χ4v) is 2.44. The fourth-order valence-electron chi connectivity index (χ4n) is 2.44. The summed E-state index contributed by atoms with van der Waals surface area (Å²) in [5, 5.41) is 3.42. The largest absolute Gasteiger partial charge is 0.489 e. The Morgan fingerprint density at radius 1 is 1.00 bits per heavy atom. The number of hydrogen-bond acceptors (Lipinski definition) is 4. The highest BCUT2D eigenvalue weighted by atomic mass is 16.5. The number of hydrogen-bond donors (Lipinski definition) is 2. The van der Waals surface area contributed by atoms with E-state index in [2.05, 4.69) is 17.4 Å². The minimum absolute atomic E-state index is 0.674. The van der Waals surface area contributed by atoms with Crippen LogP contribution in [0.5, 0.6) is 11.5 Å². The van der Waals surface area contributed by atoms with Gasteiger partial charge in [-0.25, -0.2) is 0 Å². The second-order valence-electron chi connectivity index (χ2n) is 5.15. The van der Waals surface area contributed by atoms with Crippen LogP contribution in [0.2, 0.25) is 0 Å². The molecule has 3 rings (SSSR count). The van der Waals surface area contributed by atoms with Crippen LogP contribution in [0, 0.1) is 0 Å². The second-order valence-corrected chi connectivity index (χ2v) is 5.15. The smallest absolute Gasteiger partial charge is 0.165 e. The van der Waals surface area contributed by atoms with Crippen molar-refractivity contribution in [1.82, 2.24) is 5.32 Å². The van der Waals surface area contributed by atoms with E-state index in [9.17, 15) is 0 Å². The molecule has 0 spiro atoms. The Hall–Kier alpha value is -2.20. The zero-order valence-electron chi connectivity index (χ0n) is 12.0. The first-order valence-corrected chi connectivity index (χ1v) is 7.25. The summed E-state index contributed by atoms with van der Waals surface area (Å²) in [6.45, 7) is 2.87. The SMILES string of the molecule is Nc1cc(CNCc2ccccc2)c2c(c1)OCCCO2. The van der Waals surface area contributed by atoms with Crippen LogP contribution in [0.25, 0.3) is 0 Å². The van der Waals surface area contributed by atoms with Gasteiger partial charge in [-0.15, -0.1) is 0 Å². The molecule has 0 unspecified atom stereocenters. The molecule has 21 heavy (non-hydrogen) atoms. The highest BCUT2D eigenvalue weighted by Crippen LogP contribution is 2.35. The Morgan fingerprint density at radius 3 is 2.67 bits per heavy atom. The highest BCUT2D eigenvalue weighted by Gasteiger charge is 2.15. The number of rotatable bonds is 4. The first kappa shape index (κ1) is 13.8. The van der Waals surface area contributed by atoms with Crippen LogP contribution in [-0.4, -0.2) is 13.2 Å². The topological polar surface area (TPSA) is 56.5 Å². The van der Waals surface area contributed by atoms with Crippen molar-refractivity contribution in [3.8, 4) is 11.5 Å². The lowest BCUT2D eigenvalue weighted by Gasteiger charge is -2.14. The number of benzene rings is 2. The molecule has 1 aliphatic heterocycles. The van der Waals surface area contributed by atoms with Crippen molar-refractivity contribution in [2.75, 3.05) is 18.9 Å². The number of ether oxygens (including phenoxy) is 2. The first-order chi connectivity index (χ1) is 10.3. The molecule has 4 nitrogen and oxygen atoms in total. The minimum Gasteiger partial charge on any atom is -0.489 e. The average Bonchev–Trinajstić information content (AvgIpc) is 2.73. The summed E-state index contributed by atoms with van der Waals surface area (Å²) in [6.07, 6.45) is 0.894. The fraction of sp³-hybridized carbons (Fsp3) is 0.294. The molecule has 0 aliphatic carbocycles. The predicted molar refractivity (Wildman–Crippen MR) is 83.4 cm³/mol. The van der Waals surface area contributed by atoms with Crippen molar-refractivity contribution in [1.29, 1.82) is 0 Å². The molecular formula is C17H20N2O2. The maximum Gasteiger partial charge on any atom is 0.165 e. The Labute approximate surface area is 124 Å². The monoisotopic (exact) mass is 284 g/mol. The van der Waals surface area contributed by atoms with Crippen LogP contribution >= 0.6 is 0 Å². The van der Waals surface area contributed by atoms with Gasteiger partial charge in [0.15, 0.2) is 11.5 Å². The molecule has 0 saturated heterocycles. The Kier molecular flexibility index (Phi) is 4.26. The third-order valence-corrected chi connectivity index (χ3v) is 3.43. The Morgan fingerprint density at radius 2 is 1.81 bits per heavy atom. The standard InChI is InChI=1S/C17H20N2O2/c18-15-9-14(12-19-11-13-5-2-1-3-6-13)17-16(10-15)20-7-4-8-21-17/h1-3,5-6,9-10,19H,4,7-8,11-12,18H2. The van der Waals surface area contributed by atoms with Gasteiger partial charge in [0.1, 0.15) is 0 Å². The molecule has 2 aromatic carbocycles. The van der Waals surface area contributed by atoms with E-state index >= 15 is 0 Å². The molecule has 2 aromatic rings. The predicted octanol–water partition coefficient (Wildman–Crippen LogP) is 2.72. The molecular weight excluding hydrogens is 264 g/mol. The molecule has 4 heteroatoms. The summed E-state index contributed by atoms with van der Waals surface area (Å²) >= 11 is 0. The molecule has 0 fully saturated rings. The highest BCUT2D eigenvalue weighted by molar-refractivity contribution is 5.57. The summed E-state index contributed by atoms with van der Waals surface area (Å²) in [7, 11) is 0. The van der Waals surface area contributed by atoms with Gasteiger partial charge < -0.3 is 20.5 Å². The molecule has 0 atom stereocenters. The summed E-state index contributed by atoms with van der Waals surface area (Å²) in [6, 6.07) is 14.1. The minimum atomic E-state index is 0.674. The summed E-state index contributed by atoms with van der Waals surface area (Å²) in [5.74, 6) is 1.58. The molecule has 1 aliphatic rings. The number of nitrogen functional groups attached to an aromatic ring is 1. The molecule has 110 valence electrons. The van der Waals surface area contributed by atoms with Gasteiger partial charge >= 0.3 is 0 Å². The van der Waals surface area contributed by atoms with Crippen molar-refractivity contribution in [2.45, 2.75) is 19.5 Å².